The third-order valence-electron chi connectivity index (χ3n) is 2.89. The van der Waals surface area contributed by atoms with Crippen LogP contribution in [0.5, 0.6) is 0 Å². The van der Waals surface area contributed by atoms with E-state index in [1.54, 1.807) is 0 Å². The van der Waals surface area contributed by atoms with Crippen LogP contribution in [0.25, 0.3) is 0 Å². The van der Waals surface area contributed by atoms with Crippen LogP contribution in [0, 0.1) is 11.7 Å². The van der Waals surface area contributed by atoms with Crippen molar-refractivity contribution in [2.24, 2.45) is 5.92 Å². The summed E-state index contributed by atoms with van der Waals surface area (Å²) < 4.78 is 44.3. The third-order valence-corrected chi connectivity index (χ3v) is 4.86. The van der Waals surface area contributed by atoms with Crippen LogP contribution >= 0.6 is 11.6 Å². The molecule has 0 bridgehead atoms. The van der Waals surface area contributed by atoms with Crippen LogP contribution < -0.4 is 4.72 Å². The molecule has 9 heteroatoms. The molecular weight excluding hydrogens is 313 g/mol. The summed E-state index contributed by atoms with van der Waals surface area (Å²) in [4.78, 5) is 10.6. The summed E-state index contributed by atoms with van der Waals surface area (Å²) in [5.41, 5.74) is 0. The Kier molecular flexibility index (Phi) is 4.28. The van der Waals surface area contributed by atoms with Gasteiger partial charge in [-0.1, -0.05) is 11.6 Å². The van der Waals surface area contributed by atoms with Crippen LogP contribution in [0.3, 0.4) is 0 Å². The van der Waals surface area contributed by atoms with Crippen LogP contribution in [-0.4, -0.2) is 38.7 Å². The van der Waals surface area contributed by atoms with Crippen molar-refractivity contribution in [3.8, 4) is 0 Å². The number of ether oxygens (including phenoxy) is 1. The molecule has 1 fully saturated rings. The lowest BCUT2D eigenvalue weighted by atomic mass is 10.1. The van der Waals surface area contributed by atoms with Crippen LogP contribution in [0.15, 0.2) is 23.1 Å². The first-order valence-electron chi connectivity index (χ1n) is 5.59. The largest absolute Gasteiger partial charge is 0.481 e. The topological polar surface area (TPSA) is 92.7 Å². The minimum Gasteiger partial charge on any atom is -0.481 e. The van der Waals surface area contributed by atoms with Crippen molar-refractivity contribution < 1.29 is 27.4 Å². The van der Waals surface area contributed by atoms with Gasteiger partial charge in [0.25, 0.3) is 0 Å². The summed E-state index contributed by atoms with van der Waals surface area (Å²) in [6.45, 7) is -0.116. The Morgan fingerprint density at radius 1 is 1.45 bits per heavy atom. The van der Waals surface area contributed by atoms with E-state index in [9.17, 15) is 17.6 Å². The van der Waals surface area contributed by atoms with Gasteiger partial charge in [0, 0.05) is 0 Å². The molecule has 0 radical (unpaired) electrons. The van der Waals surface area contributed by atoms with Gasteiger partial charge in [-0.15, -0.1) is 0 Å². The predicted octanol–water partition coefficient (Wildman–Crippen LogP) is 0.857. The number of halogens is 2. The molecule has 0 aromatic heterocycles. The summed E-state index contributed by atoms with van der Waals surface area (Å²) in [6, 6.07) is 1.96. The van der Waals surface area contributed by atoms with Crippen LogP contribution in [-0.2, 0) is 19.6 Å². The van der Waals surface area contributed by atoms with Crippen molar-refractivity contribution in [3.63, 3.8) is 0 Å². The van der Waals surface area contributed by atoms with Crippen molar-refractivity contribution >= 4 is 27.6 Å². The molecule has 0 aliphatic carbocycles. The van der Waals surface area contributed by atoms with Gasteiger partial charge in [-0.3, -0.25) is 4.79 Å². The van der Waals surface area contributed by atoms with Gasteiger partial charge >= 0.3 is 5.97 Å². The number of carboxylic acids is 1. The number of carbonyl (C=O) groups is 1. The number of hydrogen-bond acceptors (Lipinski definition) is 4. The van der Waals surface area contributed by atoms with Crippen molar-refractivity contribution in [2.75, 3.05) is 13.2 Å². The minimum absolute atomic E-state index is 0.0466. The first-order chi connectivity index (χ1) is 9.31. The molecule has 1 aliphatic heterocycles. The van der Waals surface area contributed by atoms with E-state index in [2.05, 4.69) is 4.72 Å². The monoisotopic (exact) mass is 323 g/mol. The molecule has 1 heterocycles. The van der Waals surface area contributed by atoms with Crippen LogP contribution in [0.2, 0.25) is 5.02 Å². The molecule has 2 atom stereocenters. The number of aliphatic carboxylic acids is 1. The quantitative estimate of drug-likeness (QED) is 0.857. The van der Waals surface area contributed by atoms with E-state index in [1.807, 2.05) is 0 Å². The Bertz CT molecular complexity index is 636. The second-order valence-corrected chi connectivity index (χ2v) is 6.37. The Morgan fingerprint density at radius 2 is 2.15 bits per heavy atom. The highest BCUT2D eigenvalue weighted by Gasteiger charge is 2.37. The van der Waals surface area contributed by atoms with E-state index in [-0.39, 0.29) is 23.1 Å². The zero-order chi connectivity index (χ0) is 14.9. The number of hydrogen-bond donors (Lipinski definition) is 2. The van der Waals surface area contributed by atoms with Gasteiger partial charge in [0.1, 0.15) is 10.7 Å². The van der Waals surface area contributed by atoms with E-state index in [1.165, 1.54) is 0 Å². The van der Waals surface area contributed by atoms with E-state index < -0.39 is 33.8 Å². The number of benzene rings is 1. The maximum Gasteiger partial charge on any atom is 0.310 e. The SMILES string of the molecule is O=C(O)C1COCC1NS(=O)(=O)c1ccc(F)cc1Cl. The van der Waals surface area contributed by atoms with Crippen LogP contribution in [0.4, 0.5) is 4.39 Å². The van der Waals surface area contributed by atoms with Crippen molar-refractivity contribution in [1.82, 2.24) is 4.72 Å². The van der Waals surface area contributed by atoms with Gasteiger partial charge in [0.05, 0.1) is 30.2 Å². The van der Waals surface area contributed by atoms with Gasteiger partial charge in [-0.2, -0.15) is 0 Å². The van der Waals surface area contributed by atoms with Gasteiger partial charge in [0.15, 0.2) is 0 Å². The van der Waals surface area contributed by atoms with Gasteiger partial charge in [-0.05, 0) is 18.2 Å². The van der Waals surface area contributed by atoms with Crippen molar-refractivity contribution in [2.45, 2.75) is 10.9 Å². The van der Waals surface area contributed by atoms with E-state index >= 15 is 0 Å². The van der Waals surface area contributed by atoms with Gasteiger partial charge in [0.2, 0.25) is 10.0 Å². The highest BCUT2D eigenvalue weighted by molar-refractivity contribution is 7.89. The predicted molar refractivity (Wildman–Crippen MR) is 67.5 cm³/mol. The van der Waals surface area contributed by atoms with E-state index in [0.29, 0.717) is 0 Å². The maximum atomic E-state index is 12.9. The molecule has 2 rings (SSSR count). The van der Waals surface area contributed by atoms with Crippen molar-refractivity contribution in [1.29, 1.82) is 0 Å². The summed E-state index contributed by atoms with van der Waals surface area (Å²) in [5, 5.41) is 8.68. The molecule has 20 heavy (non-hydrogen) atoms. The molecule has 0 amide bonds. The normalized spacial score (nSPS) is 22.9. The Balaban J connectivity index is 2.25. The fourth-order valence-corrected chi connectivity index (χ4v) is 3.66. The molecule has 1 aromatic carbocycles. The lowest BCUT2D eigenvalue weighted by Gasteiger charge is -2.16. The Labute approximate surface area is 119 Å². The fourth-order valence-electron chi connectivity index (χ4n) is 1.87. The molecule has 1 aromatic rings. The standard InChI is InChI=1S/C11H11ClFNO5S/c12-8-3-6(13)1-2-10(8)20(17,18)14-9-5-19-4-7(9)11(15)16/h1-3,7,9,14H,4-5H2,(H,15,16). The fraction of sp³-hybridized carbons (Fsp3) is 0.364. The Hall–Kier alpha value is -1.22. The highest BCUT2D eigenvalue weighted by Crippen LogP contribution is 2.24. The van der Waals surface area contributed by atoms with E-state index in [0.717, 1.165) is 18.2 Å². The molecule has 1 aliphatic rings. The summed E-state index contributed by atoms with van der Waals surface area (Å²) >= 11 is 5.69. The second-order valence-electron chi connectivity index (χ2n) is 4.28. The summed E-state index contributed by atoms with van der Waals surface area (Å²) in [5.74, 6) is -2.79. The number of nitrogens with one attached hydrogen (secondary N) is 1. The molecule has 2 N–H and O–H groups in total. The average molecular weight is 324 g/mol. The minimum atomic E-state index is -4.05. The third kappa shape index (κ3) is 3.09. The molecule has 6 nitrogen and oxygen atoms in total. The highest BCUT2D eigenvalue weighted by atomic mass is 35.5. The molecule has 2 unspecified atom stereocenters. The summed E-state index contributed by atoms with van der Waals surface area (Å²) in [7, 11) is -4.05. The molecule has 110 valence electrons. The molecule has 1 saturated heterocycles. The van der Waals surface area contributed by atoms with Crippen molar-refractivity contribution in [3.05, 3.63) is 29.0 Å². The maximum absolute atomic E-state index is 12.9. The number of carboxylic acid groups (broad SMARTS) is 1. The van der Waals surface area contributed by atoms with Gasteiger partial charge in [-0.25, -0.2) is 17.5 Å². The zero-order valence-electron chi connectivity index (χ0n) is 10.0. The molecular formula is C11H11ClFNO5S. The van der Waals surface area contributed by atoms with Crippen LogP contribution in [0.1, 0.15) is 0 Å². The second kappa shape index (κ2) is 5.65. The Morgan fingerprint density at radius 3 is 2.75 bits per heavy atom. The zero-order valence-corrected chi connectivity index (χ0v) is 11.6. The molecule has 0 saturated carbocycles. The smallest absolute Gasteiger partial charge is 0.310 e. The summed E-state index contributed by atoms with van der Waals surface area (Å²) in [6.07, 6.45) is 0. The van der Waals surface area contributed by atoms with E-state index in [4.69, 9.17) is 21.4 Å². The first-order valence-corrected chi connectivity index (χ1v) is 7.45. The number of sulfonamides is 1. The molecule has 0 spiro atoms. The first kappa shape index (κ1) is 15.2. The lowest BCUT2D eigenvalue weighted by molar-refractivity contribution is -0.142. The number of rotatable bonds is 4. The lowest BCUT2D eigenvalue weighted by Crippen LogP contribution is -2.42. The average Bonchev–Trinajstić information content (AvgIpc) is 2.75. The van der Waals surface area contributed by atoms with Gasteiger partial charge < -0.3 is 9.84 Å².